The predicted molar refractivity (Wildman–Crippen MR) is 257 cm³/mol. The summed E-state index contributed by atoms with van der Waals surface area (Å²) in [4.78, 5) is 2.49. The Kier molecular flexibility index (Phi) is 8.24. The highest BCUT2D eigenvalue weighted by atomic mass is 32.1. The van der Waals surface area contributed by atoms with Gasteiger partial charge in [-0.25, -0.2) is 0 Å². The predicted octanol–water partition coefficient (Wildman–Crippen LogP) is 16.3. The van der Waals surface area contributed by atoms with Gasteiger partial charge in [0.15, 0.2) is 0 Å². The van der Waals surface area contributed by atoms with Crippen LogP contribution in [0.5, 0.6) is 0 Å². The lowest BCUT2D eigenvalue weighted by molar-refractivity contribution is 1.15. The molecule has 1 aromatic heterocycles. The molecule has 0 spiro atoms. The van der Waals surface area contributed by atoms with E-state index < -0.39 is 0 Å². The topological polar surface area (TPSA) is 3.24 Å². The second kappa shape index (κ2) is 14.2. The SMILES string of the molecule is c1ccc(-c2ccc3c(c2)Cc2ccccc2-c2c(ccc4c2sc2ccccc24)Cc2cc(N(c4cccc5ccccc45)c4cccc5ccccc45)ccc2-3)cc1. The molecule has 0 N–H and O–H groups in total. The number of rotatable bonds is 4. The van der Waals surface area contributed by atoms with Crippen molar-refractivity contribution in [2.45, 2.75) is 12.8 Å². The molecule has 0 aliphatic heterocycles. The van der Waals surface area contributed by atoms with Crippen LogP contribution in [0.15, 0.2) is 212 Å². The molecule has 12 rings (SSSR count). The summed E-state index contributed by atoms with van der Waals surface area (Å²) in [5.74, 6) is 0. The first kappa shape index (κ1) is 34.8. The average Bonchev–Trinajstić information content (AvgIpc) is 3.69. The molecule has 282 valence electrons. The summed E-state index contributed by atoms with van der Waals surface area (Å²) in [6.07, 6.45) is 1.61. The van der Waals surface area contributed by atoms with Gasteiger partial charge in [-0.1, -0.05) is 182 Å². The molecule has 1 heterocycles. The van der Waals surface area contributed by atoms with E-state index in [0.29, 0.717) is 0 Å². The van der Waals surface area contributed by atoms with E-state index in [1.165, 1.54) is 109 Å². The Bertz CT molecular complexity index is 3360. The largest absolute Gasteiger partial charge is 0.309 e. The summed E-state index contributed by atoms with van der Waals surface area (Å²) in [7, 11) is 0. The van der Waals surface area contributed by atoms with Crippen molar-refractivity contribution < 1.29 is 0 Å². The van der Waals surface area contributed by atoms with Crippen LogP contribution in [0.3, 0.4) is 0 Å². The monoisotopic (exact) mass is 781 g/mol. The first-order chi connectivity index (χ1) is 29.7. The molecule has 0 bridgehead atoms. The maximum Gasteiger partial charge on any atom is 0.0540 e. The molecule has 0 amide bonds. The van der Waals surface area contributed by atoms with Crippen LogP contribution in [-0.4, -0.2) is 0 Å². The number of nitrogens with zero attached hydrogens (tertiary/aromatic N) is 1. The highest BCUT2D eigenvalue weighted by Crippen LogP contribution is 2.48. The van der Waals surface area contributed by atoms with E-state index in [1.807, 2.05) is 11.3 Å². The van der Waals surface area contributed by atoms with Gasteiger partial charge >= 0.3 is 0 Å². The zero-order valence-electron chi connectivity index (χ0n) is 33.0. The smallest absolute Gasteiger partial charge is 0.0540 e. The molecular weight excluding hydrogens is 743 g/mol. The fourth-order valence-corrected chi connectivity index (χ4v) is 11.0. The Morgan fingerprint density at radius 3 is 1.72 bits per heavy atom. The van der Waals surface area contributed by atoms with Crippen LogP contribution in [0.2, 0.25) is 0 Å². The van der Waals surface area contributed by atoms with Crippen LogP contribution in [0, 0.1) is 0 Å². The molecule has 2 heteroatoms. The maximum atomic E-state index is 2.49. The Balaban J connectivity index is 1.15. The lowest BCUT2D eigenvalue weighted by atomic mass is 9.82. The van der Waals surface area contributed by atoms with Gasteiger partial charge < -0.3 is 4.90 Å². The van der Waals surface area contributed by atoms with Gasteiger partial charge in [-0.3, -0.25) is 0 Å². The highest BCUT2D eigenvalue weighted by molar-refractivity contribution is 7.26. The summed E-state index contributed by atoms with van der Waals surface area (Å²) >= 11 is 1.93. The van der Waals surface area contributed by atoms with Gasteiger partial charge in [-0.2, -0.15) is 0 Å². The van der Waals surface area contributed by atoms with Crippen LogP contribution in [0.25, 0.3) is 75.1 Å². The van der Waals surface area contributed by atoms with Crippen molar-refractivity contribution in [1.29, 1.82) is 0 Å². The third kappa shape index (κ3) is 5.75. The van der Waals surface area contributed by atoms with Crippen LogP contribution < -0.4 is 4.90 Å². The summed E-state index contributed by atoms with van der Waals surface area (Å²) in [5.41, 5.74) is 16.6. The zero-order chi connectivity index (χ0) is 39.6. The molecule has 0 unspecified atom stereocenters. The molecule has 0 saturated carbocycles. The Hall–Kier alpha value is -7.26. The van der Waals surface area contributed by atoms with Gasteiger partial charge in [-0.15, -0.1) is 11.3 Å². The first-order valence-corrected chi connectivity index (χ1v) is 21.7. The number of benzene rings is 10. The Labute approximate surface area is 354 Å². The lowest BCUT2D eigenvalue weighted by Crippen LogP contribution is -2.12. The van der Waals surface area contributed by atoms with Crippen molar-refractivity contribution >= 4 is 70.1 Å². The van der Waals surface area contributed by atoms with Gasteiger partial charge in [0.2, 0.25) is 0 Å². The molecular formula is C58H39NS. The second-order valence-electron chi connectivity index (χ2n) is 16.0. The van der Waals surface area contributed by atoms with Gasteiger partial charge in [0, 0.05) is 42.2 Å². The quantitative estimate of drug-likeness (QED) is 0.172. The van der Waals surface area contributed by atoms with Crippen molar-refractivity contribution in [2.75, 3.05) is 4.90 Å². The molecule has 10 aromatic carbocycles. The standard InChI is InChI=1S/C58H39NS/c1-2-14-38(15-3-1)41-28-31-47-44(34-41)35-42-18-6-9-23-51(42)57-43(29-32-53-52-24-10-11-27-56(52)60-58(53)57)36-45-37-46(30-33-48(45)47)59(54-25-12-19-39-16-4-7-21-49(39)54)55-26-13-20-40-17-5-8-22-50(40)55/h1-34,37H,35-36H2. The van der Waals surface area contributed by atoms with Crippen LogP contribution in [-0.2, 0) is 12.8 Å². The summed E-state index contributed by atoms with van der Waals surface area (Å²) in [6.45, 7) is 0. The molecule has 0 fully saturated rings. The zero-order valence-corrected chi connectivity index (χ0v) is 33.8. The number of anilines is 3. The second-order valence-corrected chi connectivity index (χ2v) is 17.0. The van der Waals surface area contributed by atoms with E-state index in [4.69, 9.17) is 0 Å². The molecule has 1 aliphatic carbocycles. The van der Waals surface area contributed by atoms with Crippen molar-refractivity contribution in [3.8, 4) is 33.4 Å². The van der Waals surface area contributed by atoms with Gasteiger partial charge in [0.05, 0.1) is 11.4 Å². The van der Waals surface area contributed by atoms with E-state index in [-0.39, 0.29) is 0 Å². The summed E-state index contributed by atoms with van der Waals surface area (Å²) in [5, 5.41) is 7.56. The van der Waals surface area contributed by atoms with Gasteiger partial charge in [0.1, 0.15) is 0 Å². The van der Waals surface area contributed by atoms with Crippen LogP contribution in [0.1, 0.15) is 22.3 Å². The van der Waals surface area contributed by atoms with E-state index in [9.17, 15) is 0 Å². The van der Waals surface area contributed by atoms with Gasteiger partial charge in [-0.05, 0) is 104 Å². The van der Waals surface area contributed by atoms with Crippen LogP contribution >= 0.6 is 11.3 Å². The third-order valence-corrected chi connectivity index (χ3v) is 13.8. The first-order valence-electron chi connectivity index (χ1n) is 20.8. The van der Waals surface area contributed by atoms with Crippen molar-refractivity contribution in [3.05, 3.63) is 235 Å². The summed E-state index contributed by atoms with van der Waals surface area (Å²) < 4.78 is 2.70. The number of hydrogen-bond acceptors (Lipinski definition) is 2. The average molecular weight is 782 g/mol. The molecule has 0 radical (unpaired) electrons. The minimum absolute atomic E-state index is 0.788. The lowest BCUT2D eigenvalue weighted by Gasteiger charge is -2.29. The molecule has 0 atom stereocenters. The number of hydrogen-bond donors (Lipinski definition) is 0. The fraction of sp³-hybridized carbons (Fsp3) is 0.0345. The van der Waals surface area contributed by atoms with Gasteiger partial charge in [0.25, 0.3) is 0 Å². The highest BCUT2D eigenvalue weighted by Gasteiger charge is 2.24. The van der Waals surface area contributed by atoms with Crippen molar-refractivity contribution in [3.63, 3.8) is 0 Å². The van der Waals surface area contributed by atoms with Crippen molar-refractivity contribution in [1.82, 2.24) is 0 Å². The molecule has 11 aromatic rings. The normalized spacial score (nSPS) is 12.2. The molecule has 60 heavy (non-hydrogen) atoms. The number of fused-ring (bicyclic) bond motifs is 12. The van der Waals surface area contributed by atoms with Crippen molar-refractivity contribution in [2.24, 2.45) is 0 Å². The Morgan fingerprint density at radius 2 is 0.950 bits per heavy atom. The number of thiophene rings is 1. The molecule has 1 aliphatic rings. The Morgan fingerprint density at radius 1 is 0.350 bits per heavy atom. The van der Waals surface area contributed by atoms with E-state index in [1.54, 1.807) is 0 Å². The van der Waals surface area contributed by atoms with Crippen LogP contribution in [0.4, 0.5) is 17.1 Å². The third-order valence-electron chi connectivity index (χ3n) is 12.5. The minimum Gasteiger partial charge on any atom is -0.309 e. The molecule has 0 saturated heterocycles. The van der Waals surface area contributed by atoms with E-state index in [0.717, 1.165) is 18.5 Å². The van der Waals surface area contributed by atoms with E-state index in [2.05, 4.69) is 217 Å². The minimum atomic E-state index is 0.788. The maximum absolute atomic E-state index is 2.49. The fourth-order valence-electron chi connectivity index (χ4n) is 9.76. The molecule has 1 nitrogen and oxygen atoms in total. The summed E-state index contributed by atoms with van der Waals surface area (Å²) in [6, 6.07) is 79.0. The van der Waals surface area contributed by atoms with E-state index >= 15 is 0 Å².